The zero-order valence-electron chi connectivity index (χ0n) is 12.5. The molecule has 106 valence electrons. The fourth-order valence-electron chi connectivity index (χ4n) is 2.61. The van der Waals surface area contributed by atoms with Gasteiger partial charge in [-0.25, -0.2) is 0 Å². The summed E-state index contributed by atoms with van der Waals surface area (Å²) in [7, 11) is 0. The maximum Gasteiger partial charge on any atom is 0.191 e. The van der Waals surface area contributed by atoms with Crippen molar-refractivity contribution in [1.82, 2.24) is 9.80 Å². The fourth-order valence-corrected chi connectivity index (χ4v) is 2.61. The number of piperidine rings is 1. The molecule has 0 spiro atoms. The molecule has 0 amide bonds. The predicted molar refractivity (Wildman–Crippen MR) is 78.8 cm³/mol. The van der Waals surface area contributed by atoms with Crippen molar-refractivity contribution in [2.24, 2.45) is 16.6 Å². The summed E-state index contributed by atoms with van der Waals surface area (Å²) in [5.41, 5.74) is 6.00. The van der Waals surface area contributed by atoms with Gasteiger partial charge in [-0.05, 0) is 46.1 Å². The predicted octanol–water partition coefficient (Wildman–Crippen LogP) is 1.76. The summed E-state index contributed by atoms with van der Waals surface area (Å²) in [6, 6.07) is 0.502. The Morgan fingerprint density at radius 2 is 2.11 bits per heavy atom. The third-order valence-electron chi connectivity index (χ3n) is 3.92. The number of nitrogens with zero attached hydrogens (tertiary/aromatic N) is 3. The highest BCUT2D eigenvalue weighted by molar-refractivity contribution is 5.78. The number of rotatable bonds is 5. The van der Waals surface area contributed by atoms with Gasteiger partial charge in [-0.15, -0.1) is 0 Å². The summed E-state index contributed by atoms with van der Waals surface area (Å²) >= 11 is 0. The molecule has 0 bridgehead atoms. The minimum atomic E-state index is 0.502. The van der Waals surface area contributed by atoms with Crippen molar-refractivity contribution in [2.75, 3.05) is 32.7 Å². The molecule has 2 atom stereocenters. The molecule has 1 aliphatic rings. The zero-order chi connectivity index (χ0) is 13.5. The molecule has 2 unspecified atom stereocenters. The van der Waals surface area contributed by atoms with Crippen LogP contribution in [0.1, 0.15) is 40.5 Å². The van der Waals surface area contributed by atoms with Crippen molar-refractivity contribution in [1.29, 1.82) is 0 Å². The summed E-state index contributed by atoms with van der Waals surface area (Å²) in [4.78, 5) is 9.20. The molecule has 1 fully saturated rings. The Morgan fingerprint density at radius 3 is 2.67 bits per heavy atom. The van der Waals surface area contributed by atoms with Crippen LogP contribution in [0.3, 0.4) is 0 Å². The van der Waals surface area contributed by atoms with E-state index in [9.17, 15) is 0 Å². The second-order valence-corrected chi connectivity index (χ2v) is 5.46. The first-order valence-corrected chi connectivity index (χ1v) is 7.37. The molecule has 4 heteroatoms. The highest BCUT2D eigenvalue weighted by Gasteiger charge is 2.20. The van der Waals surface area contributed by atoms with Crippen LogP contribution in [-0.2, 0) is 0 Å². The molecule has 2 N–H and O–H groups in total. The molecule has 1 rings (SSSR count). The minimum Gasteiger partial charge on any atom is -0.370 e. The highest BCUT2D eigenvalue weighted by Crippen LogP contribution is 2.17. The average molecular weight is 254 g/mol. The quantitative estimate of drug-likeness (QED) is 0.601. The Hall–Kier alpha value is -0.770. The zero-order valence-corrected chi connectivity index (χ0v) is 12.5. The van der Waals surface area contributed by atoms with E-state index in [1.807, 2.05) is 0 Å². The topological polar surface area (TPSA) is 44.9 Å². The van der Waals surface area contributed by atoms with Crippen LogP contribution in [0, 0.1) is 5.92 Å². The van der Waals surface area contributed by atoms with Gasteiger partial charge in [0.2, 0.25) is 0 Å². The third-order valence-corrected chi connectivity index (χ3v) is 3.92. The molecular weight excluding hydrogens is 224 g/mol. The van der Waals surface area contributed by atoms with Gasteiger partial charge < -0.3 is 10.6 Å². The summed E-state index contributed by atoms with van der Waals surface area (Å²) in [5, 5.41) is 0. The second-order valence-electron chi connectivity index (χ2n) is 5.46. The molecule has 0 radical (unpaired) electrons. The van der Waals surface area contributed by atoms with Crippen molar-refractivity contribution in [3.63, 3.8) is 0 Å². The van der Waals surface area contributed by atoms with Crippen molar-refractivity contribution in [3.05, 3.63) is 0 Å². The number of guanidine groups is 1. The standard InChI is InChI=1S/C14H30N4/c1-5-17(6-2)14(15)16-10-13(4)18-9-7-8-12(3)11-18/h12-13H,5-11H2,1-4H3,(H2,15,16). The van der Waals surface area contributed by atoms with Gasteiger partial charge in [0.25, 0.3) is 0 Å². The lowest BCUT2D eigenvalue weighted by Gasteiger charge is -2.35. The average Bonchev–Trinajstić information content (AvgIpc) is 2.37. The number of aliphatic imine (C=N–C) groups is 1. The Kier molecular flexibility index (Phi) is 6.47. The molecule has 0 aromatic heterocycles. The summed E-state index contributed by atoms with van der Waals surface area (Å²) in [6.07, 6.45) is 2.69. The van der Waals surface area contributed by atoms with E-state index in [4.69, 9.17) is 5.73 Å². The molecule has 18 heavy (non-hydrogen) atoms. The summed E-state index contributed by atoms with van der Waals surface area (Å²) in [5.74, 6) is 1.52. The van der Waals surface area contributed by atoms with Crippen molar-refractivity contribution in [2.45, 2.75) is 46.6 Å². The highest BCUT2D eigenvalue weighted by atomic mass is 15.3. The van der Waals surface area contributed by atoms with Gasteiger partial charge in [-0.2, -0.15) is 0 Å². The maximum absolute atomic E-state index is 6.00. The lowest BCUT2D eigenvalue weighted by atomic mass is 9.99. The first-order valence-electron chi connectivity index (χ1n) is 7.37. The summed E-state index contributed by atoms with van der Waals surface area (Å²) in [6.45, 7) is 13.9. The first kappa shape index (κ1) is 15.3. The van der Waals surface area contributed by atoms with E-state index < -0.39 is 0 Å². The van der Waals surface area contributed by atoms with E-state index in [0.717, 1.165) is 25.6 Å². The largest absolute Gasteiger partial charge is 0.370 e. The van der Waals surface area contributed by atoms with Crippen LogP contribution >= 0.6 is 0 Å². The van der Waals surface area contributed by atoms with Gasteiger partial charge in [-0.3, -0.25) is 9.89 Å². The van der Waals surface area contributed by atoms with Gasteiger partial charge in [0.15, 0.2) is 5.96 Å². The Balaban J connectivity index is 2.43. The number of likely N-dealkylation sites (tertiary alicyclic amines) is 1. The minimum absolute atomic E-state index is 0.502. The van der Waals surface area contributed by atoms with Crippen LogP contribution in [0.5, 0.6) is 0 Å². The van der Waals surface area contributed by atoms with E-state index >= 15 is 0 Å². The van der Waals surface area contributed by atoms with Crippen molar-refractivity contribution in [3.8, 4) is 0 Å². The Morgan fingerprint density at radius 1 is 1.44 bits per heavy atom. The monoisotopic (exact) mass is 254 g/mol. The van der Waals surface area contributed by atoms with Gasteiger partial charge >= 0.3 is 0 Å². The van der Waals surface area contributed by atoms with Gasteiger partial charge in [0.05, 0.1) is 6.54 Å². The van der Waals surface area contributed by atoms with Crippen molar-refractivity contribution < 1.29 is 0 Å². The second kappa shape index (κ2) is 7.62. The molecule has 0 aliphatic carbocycles. The lowest BCUT2D eigenvalue weighted by molar-refractivity contribution is 0.142. The van der Waals surface area contributed by atoms with Crippen LogP contribution in [0.25, 0.3) is 0 Å². The first-order chi connectivity index (χ1) is 8.58. The number of hydrogen-bond donors (Lipinski definition) is 1. The van der Waals surface area contributed by atoms with Crippen LogP contribution in [0.4, 0.5) is 0 Å². The molecule has 1 heterocycles. The lowest BCUT2D eigenvalue weighted by Crippen LogP contribution is -2.43. The fraction of sp³-hybridized carbons (Fsp3) is 0.929. The van der Waals surface area contributed by atoms with E-state index in [0.29, 0.717) is 12.0 Å². The molecular formula is C14H30N4. The van der Waals surface area contributed by atoms with Crippen LogP contribution in [0.2, 0.25) is 0 Å². The van der Waals surface area contributed by atoms with E-state index in [1.165, 1.54) is 25.9 Å². The maximum atomic E-state index is 6.00. The molecule has 4 nitrogen and oxygen atoms in total. The van der Waals surface area contributed by atoms with Crippen LogP contribution in [0.15, 0.2) is 4.99 Å². The molecule has 0 aromatic rings. The SMILES string of the molecule is CCN(CC)C(N)=NCC(C)N1CCCC(C)C1. The normalized spacial score (nSPS) is 24.0. The van der Waals surface area contributed by atoms with Gasteiger partial charge in [0.1, 0.15) is 0 Å². The Bertz CT molecular complexity index is 261. The van der Waals surface area contributed by atoms with E-state index in [1.54, 1.807) is 0 Å². The van der Waals surface area contributed by atoms with Gasteiger partial charge in [0, 0.05) is 25.7 Å². The van der Waals surface area contributed by atoms with E-state index in [-0.39, 0.29) is 0 Å². The van der Waals surface area contributed by atoms with Gasteiger partial charge in [-0.1, -0.05) is 6.92 Å². The Labute approximate surface area is 112 Å². The van der Waals surface area contributed by atoms with Crippen LogP contribution < -0.4 is 5.73 Å². The molecule has 1 saturated heterocycles. The number of hydrogen-bond acceptors (Lipinski definition) is 2. The van der Waals surface area contributed by atoms with Crippen molar-refractivity contribution >= 4 is 5.96 Å². The molecule has 0 saturated carbocycles. The third kappa shape index (κ3) is 4.48. The smallest absolute Gasteiger partial charge is 0.191 e. The van der Waals surface area contributed by atoms with Crippen LogP contribution in [-0.4, -0.2) is 54.5 Å². The molecule has 0 aromatic carbocycles. The number of nitrogens with two attached hydrogens (primary N) is 1. The van der Waals surface area contributed by atoms with E-state index in [2.05, 4.69) is 42.5 Å². The summed E-state index contributed by atoms with van der Waals surface area (Å²) < 4.78 is 0. The molecule has 1 aliphatic heterocycles.